The average molecular weight is 293 g/mol. The molecule has 1 aromatic carbocycles. The van der Waals surface area contributed by atoms with Gasteiger partial charge >= 0.3 is 0 Å². The first-order valence-corrected chi connectivity index (χ1v) is 7.07. The van der Waals surface area contributed by atoms with E-state index in [9.17, 15) is 4.79 Å². The highest BCUT2D eigenvalue weighted by Crippen LogP contribution is 2.38. The van der Waals surface area contributed by atoms with Gasteiger partial charge in [0.25, 0.3) is 5.91 Å². The SMILES string of the molecule is C#CCOc1ccc(C(=O)Nc2ccc(C3CC3)nn2)cc1. The van der Waals surface area contributed by atoms with Crippen molar-refractivity contribution in [2.75, 3.05) is 11.9 Å². The van der Waals surface area contributed by atoms with Crippen LogP contribution in [0.25, 0.3) is 0 Å². The summed E-state index contributed by atoms with van der Waals surface area (Å²) in [7, 11) is 0. The van der Waals surface area contributed by atoms with Crippen LogP contribution in [0.3, 0.4) is 0 Å². The molecule has 1 N–H and O–H groups in total. The van der Waals surface area contributed by atoms with Gasteiger partial charge in [0.1, 0.15) is 12.4 Å². The van der Waals surface area contributed by atoms with Crippen LogP contribution in [0.4, 0.5) is 5.82 Å². The van der Waals surface area contributed by atoms with E-state index in [2.05, 4.69) is 21.4 Å². The smallest absolute Gasteiger partial charge is 0.256 e. The first kappa shape index (κ1) is 14.1. The Kier molecular flexibility index (Phi) is 4.01. The third-order valence-corrected chi connectivity index (χ3v) is 3.36. The quantitative estimate of drug-likeness (QED) is 0.861. The number of carbonyl (C=O) groups is 1. The Bertz CT molecular complexity index is 698. The van der Waals surface area contributed by atoms with Crippen LogP contribution in [0.1, 0.15) is 34.8 Å². The number of amides is 1. The van der Waals surface area contributed by atoms with E-state index in [0.29, 0.717) is 23.0 Å². The summed E-state index contributed by atoms with van der Waals surface area (Å²) in [5.74, 6) is 3.77. The summed E-state index contributed by atoms with van der Waals surface area (Å²) in [5.41, 5.74) is 1.51. The number of terminal acetylenes is 1. The summed E-state index contributed by atoms with van der Waals surface area (Å²) in [6.45, 7) is 0.203. The Morgan fingerprint density at radius 3 is 2.59 bits per heavy atom. The maximum absolute atomic E-state index is 12.1. The molecule has 22 heavy (non-hydrogen) atoms. The molecule has 110 valence electrons. The molecular formula is C17H15N3O2. The predicted octanol–water partition coefficient (Wildman–Crippen LogP) is 2.62. The largest absolute Gasteiger partial charge is 0.481 e. The third-order valence-electron chi connectivity index (χ3n) is 3.36. The van der Waals surface area contributed by atoms with Gasteiger partial charge in [0.05, 0.1) is 5.69 Å². The zero-order valence-electron chi connectivity index (χ0n) is 12.0. The molecule has 0 bridgehead atoms. The van der Waals surface area contributed by atoms with Crippen molar-refractivity contribution in [3.63, 3.8) is 0 Å². The van der Waals surface area contributed by atoms with Gasteiger partial charge in [-0.2, -0.15) is 5.10 Å². The molecule has 3 rings (SSSR count). The van der Waals surface area contributed by atoms with E-state index < -0.39 is 0 Å². The molecule has 1 aliphatic rings. The maximum atomic E-state index is 12.1. The number of nitrogens with zero attached hydrogens (tertiary/aromatic N) is 2. The van der Waals surface area contributed by atoms with Crippen molar-refractivity contribution in [1.82, 2.24) is 10.2 Å². The van der Waals surface area contributed by atoms with E-state index in [0.717, 1.165) is 5.69 Å². The van der Waals surface area contributed by atoms with E-state index >= 15 is 0 Å². The van der Waals surface area contributed by atoms with E-state index in [-0.39, 0.29) is 12.5 Å². The number of aromatic nitrogens is 2. The van der Waals surface area contributed by atoms with Gasteiger partial charge in [0, 0.05) is 11.5 Å². The van der Waals surface area contributed by atoms with Gasteiger partial charge in [0.15, 0.2) is 5.82 Å². The van der Waals surface area contributed by atoms with Gasteiger partial charge in [-0.25, -0.2) is 0 Å². The van der Waals surface area contributed by atoms with Crippen molar-refractivity contribution in [2.45, 2.75) is 18.8 Å². The first-order chi connectivity index (χ1) is 10.8. The molecule has 0 radical (unpaired) electrons. The molecular weight excluding hydrogens is 278 g/mol. The second kappa shape index (κ2) is 6.27. The van der Waals surface area contributed by atoms with Gasteiger partial charge in [-0.05, 0) is 49.2 Å². The lowest BCUT2D eigenvalue weighted by molar-refractivity contribution is 0.102. The molecule has 2 aromatic rings. The van der Waals surface area contributed by atoms with E-state index in [1.807, 2.05) is 6.07 Å². The molecule has 1 heterocycles. The Balaban J connectivity index is 1.62. The molecule has 1 aliphatic carbocycles. The number of benzene rings is 1. The van der Waals surface area contributed by atoms with Crippen molar-refractivity contribution in [1.29, 1.82) is 0 Å². The lowest BCUT2D eigenvalue weighted by Gasteiger charge is -2.06. The Labute approximate surface area is 128 Å². The summed E-state index contributed by atoms with van der Waals surface area (Å²) in [6.07, 6.45) is 7.47. The summed E-state index contributed by atoms with van der Waals surface area (Å²) < 4.78 is 5.26. The number of anilines is 1. The zero-order chi connectivity index (χ0) is 15.4. The molecule has 0 aliphatic heterocycles. The molecule has 5 heteroatoms. The number of hydrogen-bond acceptors (Lipinski definition) is 4. The molecule has 1 amide bonds. The van der Waals surface area contributed by atoms with Gasteiger partial charge in [-0.1, -0.05) is 5.92 Å². The van der Waals surface area contributed by atoms with Crippen molar-refractivity contribution >= 4 is 11.7 Å². The van der Waals surface area contributed by atoms with Crippen molar-refractivity contribution in [2.24, 2.45) is 0 Å². The summed E-state index contributed by atoms with van der Waals surface area (Å²) in [5, 5.41) is 10.9. The van der Waals surface area contributed by atoms with Crippen molar-refractivity contribution in [3.8, 4) is 18.1 Å². The molecule has 1 aromatic heterocycles. The monoisotopic (exact) mass is 293 g/mol. The Morgan fingerprint density at radius 1 is 1.23 bits per heavy atom. The van der Waals surface area contributed by atoms with Crippen LogP contribution in [0.5, 0.6) is 5.75 Å². The topological polar surface area (TPSA) is 64.1 Å². The lowest BCUT2D eigenvalue weighted by atomic mass is 10.2. The molecule has 0 atom stereocenters. The lowest BCUT2D eigenvalue weighted by Crippen LogP contribution is -2.13. The number of ether oxygens (including phenoxy) is 1. The predicted molar refractivity (Wildman–Crippen MR) is 82.7 cm³/mol. The van der Waals surface area contributed by atoms with Gasteiger partial charge in [0.2, 0.25) is 0 Å². The Morgan fingerprint density at radius 2 is 2.00 bits per heavy atom. The highest BCUT2D eigenvalue weighted by Gasteiger charge is 2.25. The van der Waals surface area contributed by atoms with E-state index in [1.54, 1.807) is 30.3 Å². The number of nitrogens with one attached hydrogen (secondary N) is 1. The molecule has 0 unspecified atom stereocenters. The minimum absolute atomic E-state index is 0.203. The van der Waals surface area contributed by atoms with E-state index in [4.69, 9.17) is 11.2 Å². The maximum Gasteiger partial charge on any atom is 0.256 e. The minimum Gasteiger partial charge on any atom is -0.481 e. The van der Waals surface area contributed by atoms with Crippen LogP contribution >= 0.6 is 0 Å². The van der Waals surface area contributed by atoms with Crippen molar-refractivity contribution in [3.05, 3.63) is 47.7 Å². The van der Waals surface area contributed by atoms with Crippen molar-refractivity contribution < 1.29 is 9.53 Å². The highest BCUT2D eigenvalue weighted by atomic mass is 16.5. The Hall–Kier alpha value is -2.87. The summed E-state index contributed by atoms with van der Waals surface area (Å²) >= 11 is 0. The standard InChI is InChI=1S/C17H15N3O2/c1-2-11-22-14-7-5-13(6-8-14)17(21)18-16-10-9-15(19-20-16)12-3-4-12/h1,5-10,12H,3-4,11H2,(H,18,20,21). The van der Waals surface area contributed by atoms with Crippen LogP contribution in [-0.4, -0.2) is 22.7 Å². The van der Waals surface area contributed by atoms with Gasteiger partial charge < -0.3 is 10.1 Å². The number of hydrogen-bond donors (Lipinski definition) is 1. The van der Waals surface area contributed by atoms with E-state index in [1.165, 1.54) is 12.8 Å². The second-order valence-electron chi connectivity index (χ2n) is 5.09. The normalized spacial score (nSPS) is 13.2. The van der Waals surface area contributed by atoms with Gasteiger partial charge in [-0.15, -0.1) is 11.5 Å². The third kappa shape index (κ3) is 3.41. The fourth-order valence-corrected chi connectivity index (χ4v) is 2.02. The van der Waals surface area contributed by atoms with Crippen LogP contribution in [0, 0.1) is 12.3 Å². The van der Waals surface area contributed by atoms with Gasteiger partial charge in [-0.3, -0.25) is 4.79 Å². The average Bonchev–Trinajstić information content (AvgIpc) is 3.39. The number of rotatable bonds is 5. The molecule has 1 saturated carbocycles. The minimum atomic E-state index is -0.239. The highest BCUT2D eigenvalue weighted by molar-refractivity contribution is 6.03. The van der Waals surface area contributed by atoms with Crippen LogP contribution < -0.4 is 10.1 Å². The van der Waals surface area contributed by atoms with Crippen LogP contribution in [-0.2, 0) is 0 Å². The fraction of sp³-hybridized carbons (Fsp3) is 0.235. The first-order valence-electron chi connectivity index (χ1n) is 7.07. The zero-order valence-corrected chi connectivity index (χ0v) is 12.0. The summed E-state index contributed by atoms with van der Waals surface area (Å²) in [4.78, 5) is 12.1. The molecule has 1 fully saturated rings. The molecule has 5 nitrogen and oxygen atoms in total. The fourth-order valence-electron chi connectivity index (χ4n) is 2.02. The second-order valence-corrected chi connectivity index (χ2v) is 5.09. The van der Waals surface area contributed by atoms with Crippen LogP contribution in [0.2, 0.25) is 0 Å². The van der Waals surface area contributed by atoms with Crippen LogP contribution in [0.15, 0.2) is 36.4 Å². The number of carbonyl (C=O) groups excluding carboxylic acids is 1. The molecule has 0 spiro atoms. The molecule has 0 saturated heterocycles. The summed E-state index contributed by atoms with van der Waals surface area (Å²) in [6, 6.07) is 10.4.